The largest absolute Gasteiger partial charge is 0.447 e. The number of nitrogens with one attached hydrogen (secondary N) is 2. The molecule has 172 valence electrons. The maximum atomic E-state index is 5.30. The van der Waals surface area contributed by atoms with Gasteiger partial charge < -0.3 is 19.9 Å². The van der Waals surface area contributed by atoms with Crippen LogP contribution in [-0.2, 0) is 11.3 Å². The Morgan fingerprint density at radius 1 is 1.21 bits per heavy atom. The van der Waals surface area contributed by atoms with Crippen molar-refractivity contribution in [2.75, 3.05) is 37.6 Å². The third kappa shape index (κ3) is 5.66. The summed E-state index contributed by atoms with van der Waals surface area (Å²) in [5, 5.41) is 4.96. The second kappa shape index (κ2) is 10.9. The average molecular weight is 446 g/mol. The maximum Gasteiger partial charge on any atom is 0.228 e. The lowest BCUT2D eigenvalue weighted by Gasteiger charge is -2.36. The molecule has 0 amide bonds. The zero-order chi connectivity index (χ0) is 23.0. The predicted molar refractivity (Wildman–Crippen MR) is 133 cm³/mol. The number of anilines is 1. The Bertz CT molecular complexity index is 1100. The minimum Gasteiger partial charge on any atom is -0.447 e. The normalized spacial score (nSPS) is 16.0. The van der Waals surface area contributed by atoms with Gasteiger partial charge in [0.2, 0.25) is 11.8 Å². The number of fused-ring (bicyclic) bond motifs is 1. The number of nitrogens with zero attached hydrogens (tertiary/aromatic N) is 5. The third-order valence-electron chi connectivity index (χ3n) is 5.79. The zero-order valence-electron chi connectivity index (χ0n) is 19.1. The Morgan fingerprint density at radius 3 is 2.70 bits per heavy atom. The molecule has 0 radical (unpaired) electrons. The van der Waals surface area contributed by atoms with Crippen LogP contribution in [0.25, 0.3) is 10.9 Å². The van der Waals surface area contributed by atoms with E-state index >= 15 is 0 Å². The van der Waals surface area contributed by atoms with E-state index in [1.54, 1.807) is 12.4 Å². The Hall–Kier alpha value is -3.49. The lowest BCUT2D eigenvalue weighted by atomic mass is 10.1. The number of aliphatic imine (C=N–C) groups is 1. The van der Waals surface area contributed by atoms with Crippen LogP contribution in [0.5, 0.6) is 0 Å². The van der Waals surface area contributed by atoms with E-state index in [2.05, 4.69) is 85.6 Å². The summed E-state index contributed by atoms with van der Waals surface area (Å²) in [6.07, 6.45) is 8.28. The van der Waals surface area contributed by atoms with Crippen LogP contribution >= 0.6 is 0 Å². The molecule has 0 saturated carbocycles. The van der Waals surface area contributed by atoms with Crippen molar-refractivity contribution in [1.29, 1.82) is 0 Å². The molecule has 0 aliphatic carbocycles. The highest BCUT2D eigenvalue weighted by atomic mass is 16.5. The van der Waals surface area contributed by atoms with Gasteiger partial charge in [0.1, 0.15) is 0 Å². The number of hydrogen-bond acceptors (Lipinski definition) is 7. The van der Waals surface area contributed by atoms with E-state index in [-0.39, 0.29) is 0 Å². The molecule has 1 atom stereocenters. The van der Waals surface area contributed by atoms with Crippen LogP contribution in [0, 0.1) is 0 Å². The Labute approximate surface area is 194 Å². The number of hydrogen-bond donors (Lipinski definition) is 2. The quantitative estimate of drug-likeness (QED) is 0.299. The first-order valence-corrected chi connectivity index (χ1v) is 11.2. The first-order valence-electron chi connectivity index (χ1n) is 11.2. The van der Waals surface area contributed by atoms with E-state index in [9.17, 15) is 0 Å². The summed E-state index contributed by atoms with van der Waals surface area (Å²) in [5.41, 5.74) is 3.18. The SMILES string of the molecule is C=C/N=C(\OC=C)c1cnc(N2CCN(CC(C)NCc3c[nH]c4ccccc34)CC2)nc1. The summed E-state index contributed by atoms with van der Waals surface area (Å²) < 4.78 is 5.30. The van der Waals surface area contributed by atoms with Gasteiger partial charge in [0.05, 0.1) is 11.8 Å². The van der Waals surface area contributed by atoms with Crippen molar-refractivity contribution in [1.82, 2.24) is 25.2 Å². The van der Waals surface area contributed by atoms with Crippen molar-refractivity contribution < 1.29 is 4.74 Å². The summed E-state index contributed by atoms with van der Waals surface area (Å²) in [4.78, 5) is 21.2. The fourth-order valence-corrected chi connectivity index (χ4v) is 4.07. The molecule has 8 nitrogen and oxygen atoms in total. The van der Waals surface area contributed by atoms with Gasteiger partial charge in [0.15, 0.2) is 0 Å². The van der Waals surface area contributed by atoms with E-state index in [1.807, 2.05) is 0 Å². The molecule has 1 aromatic carbocycles. The second-order valence-corrected chi connectivity index (χ2v) is 8.10. The van der Waals surface area contributed by atoms with E-state index in [1.165, 1.54) is 28.9 Å². The van der Waals surface area contributed by atoms with Gasteiger partial charge in [0, 0.05) is 81.0 Å². The smallest absolute Gasteiger partial charge is 0.228 e. The minimum atomic E-state index is 0.380. The van der Waals surface area contributed by atoms with Gasteiger partial charge in [-0.15, -0.1) is 0 Å². The summed E-state index contributed by atoms with van der Waals surface area (Å²) in [5.74, 6) is 1.10. The number of H-pyrrole nitrogens is 1. The standard InChI is InChI=1S/C25H31N7O/c1-4-26-24(33-5-2)21-16-29-25(30-17-21)32-12-10-31(11-13-32)18-19(3)27-14-20-15-28-23-9-7-6-8-22(20)23/h4-9,15-17,19,27-28H,1-2,10-14,18H2,3H3/b26-24-. The number of rotatable bonds is 9. The molecule has 3 heterocycles. The van der Waals surface area contributed by atoms with Crippen molar-refractivity contribution in [3.63, 3.8) is 0 Å². The number of piperazine rings is 1. The van der Waals surface area contributed by atoms with Crippen LogP contribution in [0.1, 0.15) is 18.1 Å². The minimum absolute atomic E-state index is 0.380. The molecule has 2 N–H and O–H groups in total. The summed E-state index contributed by atoms with van der Waals surface area (Å²) in [7, 11) is 0. The summed E-state index contributed by atoms with van der Waals surface area (Å²) in [6, 6.07) is 8.82. The molecular formula is C25H31N7O. The lowest BCUT2D eigenvalue weighted by Crippen LogP contribution is -2.50. The highest BCUT2D eigenvalue weighted by Crippen LogP contribution is 2.17. The maximum absolute atomic E-state index is 5.30. The number of ether oxygens (including phenoxy) is 1. The van der Waals surface area contributed by atoms with Crippen molar-refractivity contribution in [3.8, 4) is 0 Å². The fourth-order valence-electron chi connectivity index (χ4n) is 4.07. The fraction of sp³-hybridized carbons (Fsp3) is 0.320. The average Bonchev–Trinajstić information content (AvgIpc) is 3.26. The van der Waals surface area contributed by atoms with Crippen LogP contribution in [0.3, 0.4) is 0 Å². The second-order valence-electron chi connectivity index (χ2n) is 8.10. The molecule has 8 heteroatoms. The van der Waals surface area contributed by atoms with Crippen LogP contribution < -0.4 is 10.2 Å². The predicted octanol–water partition coefficient (Wildman–Crippen LogP) is 3.31. The van der Waals surface area contributed by atoms with Crippen LogP contribution in [0.4, 0.5) is 5.95 Å². The molecule has 1 aliphatic heterocycles. The van der Waals surface area contributed by atoms with Gasteiger partial charge in [-0.1, -0.05) is 31.4 Å². The molecule has 1 aliphatic rings. The Morgan fingerprint density at radius 2 is 1.97 bits per heavy atom. The van der Waals surface area contributed by atoms with Crippen molar-refractivity contribution in [3.05, 3.63) is 79.6 Å². The monoisotopic (exact) mass is 445 g/mol. The topological polar surface area (TPSA) is 81.7 Å². The van der Waals surface area contributed by atoms with Gasteiger partial charge in [-0.2, -0.15) is 0 Å². The molecular weight excluding hydrogens is 414 g/mol. The molecule has 0 spiro atoms. The van der Waals surface area contributed by atoms with Crippen molar-refractivity contribution in [2.24, 2.45) is 4.99 Å². The molecule has 1 saturated heterocycles. The van der Waals surface area contributed by atoms with Gasteiger partial charge in [-0.3, -0.25) is 4.90 Å². The van der Waals surface area contributed by atoms with E-state index in [0.717, 1.165) is 45.2 Å². The van der Waals surface area contributed by atoms with Crippen molar-refractivity contribution >= 4 is 22.7 Å². The Kier molecular flexibility index (Phi) is 7.49. The van der Waals surface area contributed by atoms with E-state index in [4.69, 9.17) is 4.74 Å². The number of aromatic nitrogens is 3. The number of aromatic amines is 1. The van der Waals surface area contributed by atoms with Crippen LogP contribution in [0.15, 0.2) is 73.5 Å². The van der Waals surface area contributed by atoms with Crippen LogP contribution in [-0.4, -0.2) is 64.5 Å². The molecule has 1 unspecified atom stereocenters. The molecule has 1 fully saturated rings. The first kappa shape index (κ1) is 22.7. The highest BCUT2D eigenvalue weighted by molar-refractivity contribution is 5.94. The molecule has 3 aromatic rings. The Balaban J connectivity index is 1.25. The van der Waals surface area contributed by atoms with E-state index < -0.39 is 0 Å². The van der Waals surface area contributed by atoms with Crippen LogP contribution in [0.2, 0.25) is 0 Å². The van der Waals surface area contributed by atoms with Gasteiger partial charge >= 0.3 is 0 Å². The zero-order valence-corrected chi connectivity index (χ0v) is 19.1. The molecule has 2 aromatic heterocycles. The molecule has 4 rings (SSSR count). The number of para-hydroxylation sites is 1. The highest BCUT2D eigenvalue weighted by Gasteiger charge is 2.20. The summed E-state index contributed by atoms with van der Waals surface area (Å²) in [6.45, 7) is 15.0. The number of benzene rings is 1. The van der Waals surface area contributed by atoms with E-state index in [0.29, 0.717) is 17.5 Å². The van der Waals surface area contributed by atoms with Gasteiger partial charge in [0.25, 0.3) is 0 Å². The van der Waals surface area contributed by atoms with Crippen molar-refractivity contribution in [2.45, 2.75) is 19.5 Å². The third-order valence-corrected chi connectivity index (χ3v) is 5.79. The molecule has 33 heavy (non-hydrogen) atoms. The molecule has 0 bridgehead atoms. The van der Waals surface area contributed by atoms with Gasteiger partial charge in [-0.05, 0) is 18.6 Å². The summed E-state index contributed by atoms with van der Waals surface area (Å²) >= 11 is 0. The lowest BCUT2D eigenvalue weighted by molar-refractivity contribution is 0.233. The first-order chi connectivity index (χ1) is 16.2. The van der Waals surface area contributed by atoms with Gasteiger partial charge in [-0.25, -0.2) is 15.0 Å².